The summed E-state index contributed by atoms with van der Waals surface area (Å²) in [4.78, 5) is 13.3. The zero-order chi connectivity index (χ0) is 17.3. The molecule has 2 aliphatic rings. The van der Waals surface area contributed by atoms with Crippen molar-refractivity contribution in [3.05, 3.63) is 71.0 Å². The van der Waals surface area contributed by atoms with Gasteiger partial charge >= 0.3 is 0 Å². The van der Waals surface area contributed by atoms with E-state index >= 15 is 0 Å². The Bertz CT molecular complexity index is 766. The van der Waals surface area contributed by atoms with Gasteiger partial charge in [-0.3, -0.25) is 4.79 Å². The van der Waals surface area contributed by atoms with Crippen molar-refractivity contribution >= 4 is 5.91 Å². The van der Waals surface area contributed by atoms with Gasteiger partial charge in [0.15, 0.2) is 0 Å². The first-order valence-electron chi connectivity index (χ1n) is 8.92. The second kappa shape index (κ2) is 6.60. The quantitative estimate of drug-likeness (QED) is 0.926. The lowest BCUT2D eigenvalue weighted by Crippen LogP contribution is -2.48. The van der Waals surface area contributed by atoms with E-state index < -0.39 is 5.41 Å². The molecule has 0 saturated carbocycles. The molecule has 1 atom stereocenters. The molecule has 1 aliphatic heterocycles. The Balaban J connectivity index is 1.62. The van der Waals surface area contributed by atoms with Gasteiger partial charge in [0.1, 0.15) is 5.82 Å². The molecule has 0 unspecified atom stereocenters. The van der Waals surface area contributed by atoms with Crippen molar-refractivity contribution in [2.75, 3.05) is 13.2 Å². The van der Waals surface area contributed by atoms with Crippen molar-refractivity contribution in [3.8, 4) is 0 Å². The van der Waals surface area contributed by atoms with Gasteiger partial charge in [-0.25, -0.2) is 4.39 Å². The Morgan fingerprint density at radius 3 is 2.56 bits per heavy atom. The number of benzene rings is 2. The molecule has 1 aliphatic carbocycles. The van der Waals surface area contributed by atoms with Crippen LogP contribution in [0, 0.1) is 5.82 Å². The van der Waals surface area contributed by atoms with Gasteiger partial charge in [0.05, 0.1) is 11.5 Å². The number of ether oxygens (including phenoxy) is 1. The predicted molar refractivity (Wildman–Crippen MR) is 93.8 cm³/mol. The van der Waals surface area contributed by atoms with Crippen LogP contribution in [0.25, 0.3) is 0 Å². The average molecular weight is 339 g/mol. The molecule has 1 fully saturated rings. The lowest BCUT2D eigenvalue weighted by Gasteiger charge is -2.37. The Hall–Kier alpha value is -2.20. The summed E-state index contributed by atoms with van der Waals surface area (Å²) in [6.45, 7) is 1.10. The van der Waals surface area contributed by atoms with Crippen molar-refractivity contribution in [3.63, 3.8) is 0 Å². The molecule has 4 heteroatoms. The Morgan fingerprint density at radius 2 is 1.80 bits per heavy atom. The zero-order valence-corrected chi connectivity index (χ0v) is 14.1. The maximum Gasteiger partial charge on any atom is 0.231 e. The van der Waals surface area contributed by atoms with E-state index in [0.717, 1.165) is 18.4 Å². The molecule has 130 valence electrons. The topological polar surface area (TPSA) is 38.3 Å². The number of rotatable bonds is 3. The molecule has 1 saturated heterocycles. The summed E-state index contributed by atoms with van der Waals surface area (Å²) in [6, 6.07) is 14.7. The fraction of sp³-hybridized carbons (Fsp3) is 0.381. The van der Waals surface area contributed by atoms with Gasteiger partial charge in [0.2, 0.25) is 5.91 Å². The number of nitrogens with one attached hydrogen (secondary N) is 1. The van der Waals surface area contributed by atoms with E-state index in [1.54, 1.807) is 12.1 Å². The summed E-state index contributed by atoms with van der Waals surface area (Å²) in [5.74, 6) is -0.250. The highest BCUT2D eigenvalue weighted by molar-refractivity contribution is 5.88. The van der Waals surface area contributed by atoms with E-state index in [9.17, 15) is 9.18 Å². The van der Waals surface area contributed by atoms with Gasteiger partial charge in [0, 0.05) is 13.2 Å². The van der Waals surface area contributed by atoms with E-state index in [2.05, 4.69) is 17.4 Å². The fourth-order valence-electron chi connectivity index (χ4n) is 4.14. The van der Waals surface area contributed by atoms with E-state index in [-0.39, 0.29) is 17.8 Å². The van der Waals surface area contributed by atoms with Crippen LogP contribution in [0.2, 0.25) is 0 Å². The van der Waals surface area contributed by atoms with Crippen LogP contribution >= 0.6 is 0 Å². The molecule has 1 N–H and O–H groups in total. The van der Waals surface area contributed by atoms with Crippen LogP contribution in [0.5, 0.6) is 0 Å². The minimum Gasteiger partial charge on any atom is -0.381 e. The van der Waals surface area contributed by atoms with Crippen LogP contribution in [-0.4, -0.2) is 19.1 Å². The molecule has 1 heterocycles. The molecule has 4 rings (SSSR count). The first-order valence-corrected chi connectivity index (χ1v) is 8.92. The van der Waals surface area contributed by atoms with Crippen LogP contribution in [0.4, 0.5) is 4.39 Å². The van der Waals surface area contributed by atoms with Crippen LogP contribution in [0.3, 0.4) is 0 Å². The van der Waals surface area contributed by atoms with Gasteiger partial charge in [-0.2, -0.15) is 0 Å². The van der Waals surface area contributed by atoms with Crippen LogP contribution in [-0.2, 0) is 21.4 Å². The summed E-state index contributed by atoms with van der Waals surface area (Å²) in [7, 11) is 0. The third-order valence-corrected chi connectivity index (χ3v) is 5.62. The molecular weight excluding hydrogens is 317 g/mol. The van der Waals surface area contributed by atoms with Gasteiger partial charge in [-0.05, 0) is 54.5 Å². The zero-order valence-electron chi connectivity index (χ0n) is 14.1. The lowest BCUT2D eigenvalue weighted by atomic mass is 9.73. The third-order valence-electron chi connectivity index (χ3n) is 5.62. The Kier molecular flexibility index (Phi) is 4.30. The molecule has 1 amide bonds. The Labute approximate surface area is 147 Å². The maximum absolute atomic E-state index is 13.3. The second-order valence-corrected chi connectivity index (χ2v) is 6.96. The highest BCUT2D eigenvalue weighted by Gasteiger charge is 2.43. The smallest absolute Gasteiger partial charge is 0.231 e. The minimum atomic E-state index is -0.635. The highest BCUT2D eigenvalue weighted by atomic mass is 19.1. The van der Waals surface area contributed by atoms with Crippen LogP contribution < -0.4 is 5.32 Å². The average Bonchev–Trinajstić information content (AvgIpc) is 3.06. The summed E-state index contributed by atoms with van der Waals surface area (Å²) >= 11 is 0. The summed E-state index contributed by atoms with van der Waals surface area (Å²) in [5, 5.41) is 3.27. The number of hydrogen-bond acceptors (Lipinski definition) is 2. The monoisotopic (exact) mass is 339 g/mol. The van der Waals surface area contributed by atoms with E-state index in [1.807, 2.05) is 12.1 Å². The maximum atomic E-state index is 13.3. The summed E-state index contributed by atoms with van der Waals surface area (Å²) < 4.78 is 18.8. The van der Waals surface area contributed by atoms with Crippen LogP contribution in [0.1, 0.15) is 42.0 Å². The number of carbonyl (C=O) groups excluding carboxylic acids is 1. The largest absolute Gasteiger partial charge is 0.381 e. The normalized spacial score (nSPS) is 21.6. The molecule has 25 heavy (non-hydrogen) atoms. The lowest BCUT2D eigenvalue weighted by molar-refractivity contribution is -0.131. The van der Waals surface area contributed by atoms with Crippen molar-refractivity contribution in [2.24, 2.45) is 0 Å². The molecule has 2 aromatic carbocycles. The van der Waals surface area contributed by atoms with Gasteiger partial charge in [-0.1, -0.05) is 36.4 Å². The number of fused-ring (bicyclic) bond motifs is 1. The molecule has 3 nitrogen and oxygen atoms in total. The molecular formula is C21H22FNO2. The SMILES string of the molecule is O=C(N[C@@H]1CCc2ccccc21)C1(c2ccc(F)cc2)CCOCC1. The Morgan fingerprint density at radius 1 is 1.08 bits per heavy atom. The minimum absolute atomic E-state index is 0.0316. The first-order chi connectivity index (χ1) is 12.2. The van der Waals surface area contributed by atoms with Crippen molar-refractivity contribution in [1.82, 2.24) is 5.32 Å². The van der Waals surface area contributed by atoms with E-state index in [0.29, 0.717) is 26.1 Å². The molecule has 0 bridgehead atoms. The number of aryl methyl sites for hydroxylation is 1. The van der Waals surface area contributed by atoms with Crippen LogP contribution in [0.15, 0.2) is 48.5 Å². The number of hydrogen-bond donors (Lipinski definition) is 1. The predicted octanol–water partition coefficient (Wildman–Crippen LogP) is 3.68. The summed E-state index contributed by atoms with van der Waals surface area (Å²) in [5.41, 5.74) is 2.78. The molecule has 0 spiro atoms. The number of halogens is 1. The standard InChI is InChI=1S/C21H22FNO2/c22-17-8-6-16(7-9-17)21(11-13-25-14-12-21)20(24)23-19-10-5-15-3-1-2-4-18(15)19/h1-4,6-9,19H,5,10-14H2,(H,23,24)/t19-/m1/s1. The van der Waals surface area contributed by atoms with E-state index in [4.69, 9.17) is 4.74 Å². The molecule has 0 radical (unpaired) electrons. The van der Waals surface area contributed by atoms with Crippen molar-refractivity contribution < 1.29 is 13.9 Å². The van der Waals surface area contributed by atoms with Gasteiger partial charge in [-0.15, -0.1) is 0 Å². The fourth-order valence-corrected chi connectivity index (χ4v) is 4.14. The molecule has 2 aromatic rings. The highest BCUT2D eigenvalue weighted by Crippen LogP contribution is 2.38. The second-order valence-electron chi connectivity index (χ2n) is 6.96. The number of carbonyl (C=O) groups is 1. The van der Waals surface area contributed by atoms with Crippen molar-refractivity contribution in [2.45, 2.75) is 37.1 Å². The molecule has 0 aromatic heterocycles. The van der Waals surface area contributed by atoms with Gasteiger partial charge in [0.25, 0.3) is 0 Å². The third kappa shape index (κ3) is 2.95. The van der Waals surface area contributed by atoms with E-state index in [1.165, 1.54) is 23.3 Å². The van der Waals surface area contributed by atoms with Gasteiger partial charge < -0.3 is 10.1 Å². The van der Waals surface area contributed by atoms with Crippen molar-refractivity contribution in [1.29, 1.82) is 0 Å². The number of amides is 1. The summed E-state index contributed by atoms with van der Waals surface area (Å²) in [6.07, 6.45) is 3.17. The first kappa shape index (κ1) is 16.3.